The zero-order valence-corrected chi connectivity index (χ0v) is 32.2. The smallest absolute Gasteiger partial charge is 0.330 e. The molecule has 0 saturated carbocycles. The van der Waals surface area contributed by atoms with E-state index in [0.717, 1.165) is 16.7 Å². The molecular weight excluding hydrogens is 695 g/mol. The Labute approximate surface area is 312 Å². The van der Waals surface area contributed by atoms with E-state index in [9.17, 15) is 14.9 Å². The van der Waals surface area contributed by atoms with Crippen molar-refractivity contribution in [2.45, 2.75) is 83.6 Å². The Kier molecular flexibility index (Phi) is 13.6. The first-order valence-corrected chi connectivity index (χ1v) is 18.9. The fraction of sp³-hybridized carbons (Fsp3) is 0.425. The van der Waals surface area contributed by atoms with Crippen LogP contribution in [0.5, 0.6) is 11.5 Å². The van der Waals surface area contributed by atoms with Gasteiger partial charge in [-0.1, -0.05) is 54.6 Å². The average Bonchev–Trinajstić information content (AvgIpc) is 3.56. The second kappa shape index (κ2) is 18.1. The first kappa shape index (κ1) is 39.9. The molecule has 53 heavy (non-hydrogen) atoms. The normalized spacial score (nSPS) is 18.0. The van der Waals surface area contributed by atoms with Crippen LogP contribution in [0.25, 0.3) is 0 Å². The first-order valence-electron chi connectivity index (χ1n) is 17.7. The predicted octanol–water partition coefficient (Wildman–Crippen LogP) is 6.82. The lowest BCUT2D eigenvalue weighted by atomic mass is 9.80. The molecular formula is C40H49N4O8P. The van der Waals surface area contributed by atoms with Crippen molar-refractivity contribution in [1.29, 1.82) is 5.26 Å². The van der Waals surface area contributed by atoms with E-state index < -0.39 is 43.8 Å². The standard InChI is InChI=1S/C40H49N4O8P/c1-27(2)44(28(3)4)53(50-23-11-22-41)52-35-24-37(43-25-29(5)38(45)42-39(43)46)51-36(35)26-49-40(30-12-9-8-10-13-30,31-14-18-33(47-6)19-15-31)32-16-20-34(48-7)21-17-32/h8-10,12-21,25,27-28,35-37H,11,23-24,26H2,1-7H3,(H,42,45,46)/t35?,36?,37-,53?/m1/s1. The third-order valence-electron chi connectivity index (χ3n) is 9.16. The van der Waals surface area contributed by atoms with Crippen LogP contribution in [-0.2, 0) is 24.1 Å². The summed E-state index contributed by atoms with van der Waals surface area (Å²) in [4.78, 5) is 27.8. The van der Waals surface area contributed by atoms with Gasteiger partial charge in [0.05, 0.1) is 46.0 Å². The SMILES string of the molecule is COc1ccc(C(OCC2O[C@@H](n3cc(C)c(=O)[nH]c3=O)CC2OP(OCCC#N)N(C(C)C)C(C)C)(c2ccccc2)c2ccc(OC)cc2)cc1. The van der Waals surface area contributed by atoms with E-state index in [1.54, 1.807) is 21.1 Å². The number of hydrogen-bond donors (Lipinski definition) is 1. The van der Waals surface area contributed by atoms with Gasteiger partial charge in [-0.25, -0.2) is 9.46 Å². The van der Waals surface area contributed by atoms with E-state index in [4.69, 9.17) is 28.0 Å². The van der Waals surface area contributed by atoms with Gasteiger partial charge in [0, 0.05) is 30.3 Å². The lowest BCUT2D eigenvalue weighted by Crippen LogP contribution is -2.39. The summed E-state index contributed by atoms with van der Waals surface area (Å²) in [6.07, 6.45) is -0.0783. The molecule has 0 spiro atoms. The number of nitriles is 1. The minimum Gasteiger partial charge on any atom is -0.497 e. The molecule has 1 aromatic heterocycles. The predicted molar refractivity (Wildman–Crippen MR) is 203 cm³/mol. The Bertz CT molecular complexity index is 1870. The number of aromatic nitrogens is 2. The average molecular weight is 745 g/mol. The minimum absolute atomic E-state index is 0.0376. The summed E-state index contributed by atoms with van der Waals surface area (Å²) in [6, 6.07) is 27.8. The zero-order chi connectivity index (χ0) is 38.1. The van der Waals surface area contributed by atoms with Gasteiger partial charge in [-0.2, -0.15) is 5.26 Å². The summed E-state index contributed by atoms with van der Waals surface area (Å²) in [7, 11) is 1.59. The largest absolute Gasteiger partial charge is 0.497 e. The highest BCUT2D eigenvalue weighted by atomic mass is 31.2. The molecule has 1 saturated heterocycles. The third kappa shape index (κ3) is 9.07. The van der Waals surface area contributed by atoms with E-state index in [0.29, 0.717) is 17.1 Å². The maximum absolute atomic E-state index is 13.1. The number of H-pyrrole nitrogens is 1. The van der Waals surface area contributed by atoms with E-state index in [2.05, 4.69) is 43.4 Å². The van der Waals surface area contributed by atoms with Crippen LogP contribution in [0.3, 0.4) is 0 Å². The summed E-state index contributed by atoms with van der Waals surface area (Å²) in [6.45, 7) is 10.2. The number of aromatic amines is 1. The van der Waals surface area contributed by atoms with Gasteiger partial charge in [0.1, 0.15) is 29.4 Å². The molecule has 282 valence electrons. The number of benzene rings is 3. The molecule has 12 nitrogen and oxygen atoms in total. The zero-order valence-electron chi connectivity index (χ0n) is 31.4. The van der Waals surface area contributed by atoms with Crippen molar-refractivity contribution in [3.63, 3.8) is 0 Å². The topological polar surface area (TPSA) is 137 Å². The maximum atomic E-state index is 13.1. The molecule has 1 aliphatic heterocycles. The number of aryl methyl sites for hydroxylation is 1. The lowest BCUT2D eigenvalue weighted by Gasteiger charge is -2.39. The van der Waals surface area contributed by atoms with Gasteiger partial charge in [0.15, 0.2) is 0 Å². The molecule has 4 aromatic rings. The van der Waals surface area contributed by atoms with Gasteiger partial charge in [0.2, 0.25) is 0 Å². The van der Waals surface area contributed by atoms with Crippen molar-refractivity contribution in [2.75, 3.05) is 27.4 Å². The van der Waals surface area contributed by atoms with Crippen molar-refractivity contribution in [3.8, 4) is 17.6 Å². The molecule has 3 aromatic carbocycles. The van der Waals surface area contributed by atoms with E-state index >= 15 is 0 Å². The monoisotopic (exact) mass is 744 g/mol. The van der Waals surface area contributed by atoms with Crippen LogP contribution in [0.2, 0.25) is 0 Å². The molecule has 0 bridgehead atoms. The third-order valence-corrected chi connectivity index (χ3v) is 11.3. The summed E-state index contributed by atoms with van der Waals surface area (Å²) < 4.78 is 41.6. The fourth-order valence-corrected chi connectivity index (χ4v) is 8.38. The lowest BCUT2D eigenvalue weighted by molar-refractivity contribution is -0.0926. The van der Waals surface area contributed by atoms with Crippen LogP contribution in [-0.4, -0.2) is 65.9 Å². The van der Waals surface area contributed by atoms with Crippen molar-refractivity contribution < 1.29 is 28.0 Å². The summed E-state index contributed by atoms with van der Waals surface area (Å²) >= 11 is 0. The van der Waals surface area contributed by atoms with Gasteiger partial charge < -0.3 is 28.0 Å². The Balaban J connectivity index is 1.60. The Morgan fingerprint density at radius 3 is 2.02 bits per heavy atom. The van der Waals surface area contributed by atoms with E-state index in [1.807, 2.05) is 78.9 Å². The van der Waals surface area contributed by atoms with Crippen LogP contribution in [0, 0.1) is 18.3 Å². The molecule has 1 fully saturated rings. The molecule has 0 amide bonds. The Hall–Kier alpha value is -4.34. The molecule has 5 rings (SSSR count). The van der Waals surface area contributed by atoms with Crippen LogP contribution in [0.4, 0.5) is 0 Å². The molecule has 0 radical (unpaired) electrons. The van der Waals surface area contributed by atoms with Crippen molar-refractivity contribution in [1.82, 2.24) is 14.2 Å². The van der Waals surface area contributed by atoms with Gasteiger partial charge in [-0.05, 0) is 75.6 Å². The number of ether oxygens (including phenoxy) is 4. The molecule has 1 aliphatic rings. The number of methoxy groups -OCH3 is 2. The van der Waals surface area contributed by atoms with Crippen LogP contribution in [0.1, 0.15) is 69.0 Å². The highest BCUT2D eigenvalue weighted by Crippen LogP contribution is 2.50. The molecule has 0 aliphatic carbocycles. The molecule has 4 atom stereocenters. The number of nitrogens with zero attached hydrogens (tertiary/aromatic N) is 3. The fourth-order valence-electron chi connectivity index (χ4n) is 6.62. The number of nitrogens with one attached hydrogen (secondary N) is 1. The van der Waals surface area contributed by atoms with Crippen LogP contribution in [0.15, 0.2) is 94.6 Å². The molecule has 1 N–H and O–H groups in total. The number of hydrogen-bond acceptors (Lipinski definition) is 10. The second-order valence-electron chi connectivity index (χ2n) is 13.3. The number of rotatable bonds is 17. The Morgan fingerprint density at radius 1 is 0.925 bits per heavy atom. The summed E-state index contributed by atoms with van der Waals surface area (Å²) in [5, 5.41) is 9.29. The Morgan fingerprint density at radius 2 is 1.49 bits per heavy atom. The van der Waals surface area contributed by atoms with Crippen molar-refractivity contribution >= 4 is 8.53 Å². The molecule has 2 heterocycles. The summed E-state index contributed by atoms with van der Waals surface area (Å²) in [5.41, 5.74) is 0.779. The van der Waals surface area contributed by atoms with Crippen molar-refractivity contribution in [2.24, 2.45) is 0 Å². The van der Waals surface area contributed by atoms with Crippen LogP contribution < -0.4 is 20.7 Å². The van der Waals surface area contributed by atoms with E-state index in [-0.39, 0.29) is 38.1 Å². The van der Waals surface area contributed by atoms with Crippen LogP contribution >= 0.6 is 8.53 Å². The molecule has 13 heteroatoms. The van der Waals surface area contributed by atoms with Gasteiger partial charge in [0.25, 0.3) is 14.1 Å². The summed E-state index contributed by atoms with van der Waals surface area (Å²) in [5.74, 6) is 1.40. The molecule has 3 unspecified atom stereocenters. The van der Waals surface area contributed by atoms with Gasteiger partial charge >= 0.3 is 5.69 Å². The van der Waals surface area contributed by atoms with Crippen molar-refractivity contribution in [3.05, 3.63) is 128 Å². The van der Waals surface area contributed by atoms with Gasteiger partial charge in [-0.15, -0.1) is 0 Å². The highest BCUT2D eigenvalue weighted by Gasteiger charge is 2.45. The van der Waals surface area contributed by atoms with E-state index in [1.165, 1.54) is 10.8 Å². The highest BCUT2D eigenvalue weighted by molar-refractivity contribution is 7.44. The van der Waals surface area contributed by atoms with Gasteiger partial charge in [-0.3, -0.25) is 14.3 Å². The quantitative estimate of drug-likeness (QED) is 0.0697. The minimum atomic E-state index is -1.67. The first-order chi connectivity index (χ1) is 25.5. The maximum Gasteiger partial charge on any atom is 0.330 e. The second-order valence-corrected chi connectivity index (χ2v) is 14.8.